The average molecular weight is 364 g/mol. The Balaban J connectivity index is 0.000000260. The number of carbonyl (C=O) groups is 4. The van der Waals surface area contributed by atoms with Gasteiger partial charge in [-0.1, -0.05) is 0 Å². The quantitative estimate of drug-likeness (QED) is 0.685. The lowest BCUT2D eigenvalue weighted by atomic mass is 10.0. The molecule has 0 N–H and O–H groups in total. The summed E-state index contributed by atoms with van der Waals surface area (Å²) in [6.07, 6.45) is 2.48. The van der Waals surface area contributed by atoms with Crippen molar-refractivity contribution in [2.75, 3.05) is 28.4 Å². The Morgan fingerprint density at radius 3 is 1.04 bits per heavy atom. The number of methoxy groups -OCH3 is 4. The first-order valence-electron chi connectivity index (χ1n) is 7.42. The molecule has 2 aliphatic carbocycles. The molecule has 0 fully saturated rings. The van der Waals surface area contributed by atoms with E-state index in [0.717, 1.165) is 0 Å². The number of rotatable bonds is 4. The normalized spacial score (nSPS) is 17.3. The van der Waals surface area contributed by atoms with Crippen LogP contribution in [0.2, 0.25) is 0 Å². The van der Waals surface area contributed by atoms with Gasteiger partial charge in [0.05, 0.1) is 28.4 Å². The van der Waals surface area contributed by atoms with Crippen LogP contribution in [0.1, 0.15) is 13.8 Å². The van der Waals surface area contributed by atoms with E-state index in [2.05, 4.69) is 0 Å². The number of allylic oxidation sites excluding steroid dienone is 4. The molecule has 8 heteroatoms. The summed E-state index contributed by atoms with van der Waals surface area (Å²) in [6.45, 7) is 3.12. The van der Waals surface area contributed by atoms with E-state index in [1.807, 2.05) is 0 Å². The highest BCUT2D eigenvalue weighted by Crippen LogP contribution is 2.20. The van der Waals surface area contributed by atoms with Crippen molar-refractivity contribution in [3.63, 3.8) is 0 Å². The minimum Gasteiger partial charge on any atom is -0.490 e. The molecule has 0 spiro atoms. The molecule has 0 heterocycles. The molecule has 140 valence electrons. The van der Waals surface area contributed by atoms with Crippen molar-refractivity contribution in [2.45, 2.75) is 13.8 Å². The standard InChI is InChI=1S/2C9H10O4/c2*1-5-4-6(10)8(12-2)9(13-3)7(5)11/h2*4H,1-3H3. The lowest BCUT2D eigenvalue weighted by molar-refractivity contribution is -0.120. The summed E-state index contributed by atoms with van der Waals surface area (Å²) in [4.78, 5) is 45.3. The van der Waals surface area contributed by atoms with Crippen LogP contribution in [0.4, 0.5) is 0 Å². The van der Waals surface area contributed by atoms with Crippen LogP contribution in [-0.4, -0.2) is 51.6 Å². The molecular weight excluding hydrogens is 344 g/mol. The van der Waals surface area contributed by atoms with E-state index in [0.29, 0.717) is 11.1 Å². The van der Waals surface area contributed by atoms with Gasteiger partial charge in [0.1, 0.15) is 0 Å². The molecule has 2 aliphatic rings. The van der Waals surface area contributed by atoms with Crippen molar-refractivity contribution in [1.82, 2.24) is 0 Å². The number of carbonyl (C=O) groups excluding carboxylic acids is 4. The Kier molecular flexibility index (Phi) is 7.06. The molecule has 0 saturated heterocycles. The van der Waals surface area contributed by atoms with Crippen LogP contribution in [0.5, 0.6) is 0 Å². The number of hydrogen-bond acceptors (Lipinski definition) is 8. The molecule has 0 radical (unpaired) electrons. The van der Waals surface area contributed by atoms with Gasteiger partial charge in [-0.05, 0) is 26.0 Å². The summed E-state index contributed by atoms with van der Waals surface area (Å²) in [5, 5.41) is 0. The molecule has 0 aliphatic heterocycles. The van der Waals surface area contributed by atoms with E-state index in [4.69, 9.17) is 18.9 Å². The molecule has 0 unspecified atom stereocenters. The first-order valence-corrected chi connectivity index (χ1v) is 7.42. The minimum atomic E-state index is -0.337. The molecule has 2 rings (SSSR count). The largest absolute Gasteiger partial charge is 0.490 e. The van der Waals surface area contributed by atoms with E-state index in [1.54, 1.807) is 13.8 Å². The molecular formula is C18H20O8. The van der Waals surface area contributed by atoms with Crippen LogP contribution in [0.15, 0.2) is 46.3 Å². The maximum Gasteiger partial charge on any atom is 0.227 e. The topological polar surface area (TPSA) is 105 Å². The fraction of sp³-hybridized carbons (Fsp3) is 0.333. The summed E-state index contributed by atoms with van der Waals surface area (Å²) in [6, 6.07) is 0. The average Bonchev–Trinajstić information content (AvgIpc) is 2.61. The maximum atomic E-state index is 11.4. The van der Waals surface area contributed by atoms with Crippen LogP contribution in [0, 0.1) is 0 Å². The van der Waals surface area contributed by atoms with Crippen molar-refractivity contribution in [1.29, 1.82) is 0 Å². The minimum absolute atomic E-state index is 0.0208. The monoisotopic (exact) mass is 364 g/mol. The van der Waals surface area contributed by atoms with Gasteiger partial charge in [-0.25, -0.2) is 0 Å². The molecule has 0 saturated carbocycles. The molecule has 0 aromatic heterocycles. The molecule has 0 atom stereocenters. The molecule has 8 nitrogen and oxygen atoms in total. The third kappa shape index (κ3) is 4.08. The summed E-state index contributed by atoms with van der Waals surface area (Å²) in [5.74, 6) is -1.39. The Morgan fingerprint density at radius 2 is 0.808 bits per heavy atom. The lowest BCUT2D eigenvalue weighted by Gasteiger charge is -2.14. The van der Waals surface area contributed by atoms with Crippen molar-refractivity contribution < 1.29 is 38.1 Å². The van der Waals surface area contributed by atoms with Gasteiger partial charge in [0.25, 0.3) is 0 Å². The smallest absolute Gasteiger partial charge is 0.227 e. The van der Waals surface area contributed by atoms with Crippen molar-refractivity contribution in [2.24, 2.45) is 0 Å². The Bertz CT molecular complexity index is 711. The van der Waals surface area contributed by atoms with Gasteiger partial charge in [0, 0.05) is 11.1 Å². The van der Waals surface area contributed by atoms with Crippen molar-refractivity contribution in [3.05, 3.63) is 46.3 Å². The zero-order valence-electron chi connectivity index (χ0n) is 15.4. The third-order valence-electron chi connectivity index (χ3n) is 3.50. The number of hydrogen-bond donors (Lipinski definition) is 0. The summed E-state index contributed by atoms with van der Waals surface area (Å²) < 4.78 is 19.1. The zero-order chi connectivity index (χ0) is 20.0. The Hall–Kier alpha value is -3.16. The van der Waals surface area contributed by atoms with Gasteiger partial charge in [0.15, 0.2) is 0 Å². The summed E-state index contributed by atoms with van der Waals surface area (Å²) >= 11 is 0. The van der Waals surface area contributed by atoms with Gasteiger partial charge in [-0.2, -0.15) is 0 Å². The second-order valence-electron chi connectivity index (χ2n) is 5.17. The van der Waals surface area contributed by atoms with Gasteiger partial charge in [-0.3, -0.25) is 19.2 Å². The highest BCUT2D eigenvalue weighted by atomic mass is 16.5. The second kappa shape index (κ2) is 8.80. The molecule has 0 bridgehead atoms. The first-order chi connectivity index (χ1) is 12.2. The van der Waals surface area contributed by atoms with E-state index in [-0.39, 0.29) is 46.2 Å². The first kappa shape index (κ1) is 20.9. The molecule has 0 amide bonds. The van der Waals surface area contributed by atoms with Crippen LogP contribution < -0.4 is 0 Å². The van der Waals surface area contributed by atoms with Gasteiger partial charge in [-0.15, -0.1) is 0 Å². The summed E-state index contributed by atoms with van der Waals surface area (Å²) in [7, 11) is 5.32. The van der Waals surface area contributed by atoms with Crippen molar-refractivity contribution >= 4 is 23.1 Å². The number of Topliss-reactive ketones (excluding diaryl/α,β-unsaturated/α-hetero) is 2. The zero-order valence-corrected chi connectivity index (χ0v) is 15.4. The fourth-order valence-corrected chi connectivity index (χ4v) is 2.20. The summed E-state index contributed by atoms with van der Waals surface area (Å²) in [5.41, 5.74) is 0.727. The Morgan fingerprint density at radius 1 is 0.538 bits per heavy atom. The predicted molar refractivity (Wildman–Crippen MR) is 89.6 cm³/mol. The third-order valence-corrected chi connectivity index (χ3v) is 3.50. The maximum absolute atomic E-state index is 11.4. The van der Waals surface area contributed by atoms with E-state index in [1.165, 1.54) is 40.6 Å². The van der Waals surface area contributed by atoms with Gasteiger partial charge < -0.3 is 18.9 Å². The molecule has 0 aromatic rings. The van der Waals surface area contributed by atoms with Crippen LogP contribution >= 0.6 is 0 Å². The fourth-order valence-electron chi connectivity index (χ4n) is 2.20. The predicted octanol–water partition coefficient (Wildman–Crippen LogP) is 1.18. The number of ketones is 4. The van der Waals surface area contributed by atoms with E-state index in [9.17, 15) is 19.2 Å². The highest BCUT2D eigenvalue weighted by molar-refractivity contribution is 6.21. The van der Waals surface area contributed by atoms with Crippen LogP contribution in [-0.2, 0) is 38.1 Å². The SMILES string of the molecule is COC1=C(OC)C(=O)C(C)=CC1=O.COC1=C(OC)C(=O)C(C)=CC1=O. The second-order valence-corrected chi connectivity index (χ2v) is 5.17. The molecule has 26 heavy (non-hydrogen) atoms. The lowest BCUT2D eigenvalue weighted by Crippen LogP contribution is -2.20. The Labute approximate surface area is 150 Å². The van der Waals surface area contributed by atoms with Gasteiger partial charge >= 0.3 is 0 Å². The van der Waals surface area contributed by atoms with Crippen LogP contribution in [0.3, 0.4) is 0 Å². The van der Waals surface area contributed by atoms with Crippen LogP contribution in [0.25, 0.3) is 0 Å². The van der Waals surface area contributed by atoms with Crippen molar-refractivity contribution in [3.8, 4) is 0 Å². The molecule has 0 aromatic carbocycles. The van der Waals surface area contributed by atoms with E-state index >= 15 is 0 Å². The number of ether oxygens (including phenoxy) is 4. The van der Waals surface area contributed by atoms with Gasteiger partial charge in [0.2, 0.25) is 46.2 Å². The van der Waals surface area contributed by atoms with E-state index < -0.39 is 0 Å². The highest BCUT2D eigenvalue weighted by Gasteiger charge is 2.29.